The van der Waals surface area contributed by atoms with E-state index in [-0.39, 0.29) is 23.3 Å². The number of amidine groups is 1. The second-order valence-electron chi connectivity index (χ2n) is 9.46. The van der Waals surface area contributed by atoms with Crippen molar-refractivity contribution >= 4 is 52.0 Å². The predicted molar refractivity (Wildman–Crippen MR) is 156 cm³/mol. The Morgan fingerprint density at radius 2 is 1.56 bits per heavy atom. The Kier molecular flexibility index (Phi) is 9.33. The summed E-state index contributed by atoms with van der Waals surface area (Å²) in [5.41, 5.74) is 2.52. The van der Waals surface area contributed by atoms with E-state index >= 15 is 0 Å². The quantitative estimate of drug-likeness (QED) is 0.283. The van der Waals surface area contributed by atoms with E-state index < -0.39 is 23.8 Å². The minimum Gasteiger partial charge on any atom is -0.336 e. The van der Waals surface area contributed by atoms with Crippen LogP contribution in [0, 0.1) is 0 Å². The molecule has 0 unspecified atom stereocenters. The van der Waals surface area contributed by atoms with Crippen LogP contribution in [0.5, 0.6) is 0 Å². The lowest BCUT2D eigenvalue weighted by Gasteiger charge is -2.21. The molecular formula is C29H28F3N5O3S. The van der Waals surface area contributed by atoms with Crippen molar-refractivity contribution in [2.75, 3.05) is 27.8 Å². The Hall–Kier alpha value is -4.32. The maximum atomic E-state index is 12.7. The van der Waals surface area contributed by atoms with Crippen LogP contribution in [-0.2, 0) is 17.4 Å². The molecule has 1 aliphatic heterocycles. The summed E-state index contributed by atoms with van der Waals surface area (Å²) in [6, 6.07) is 17.5. The second-order valence-corrected chi connectivity index (χ2v) is 10.4. The zero-order chi connectivity index (χ0) is 29.6. The molecule has 0 atom stereocenters. The van der Waals surface area contributed by atoms with Crippen LogP contribution in [0.2, 0.25) is 0 Å². The molecule has 3 aromatic rings. The van der Waals surface area contributed by atoms with Crippen LogP contribution in [0.15, 0.2) is 77.8 Å². The van der Waals surface area contributed by atoms with Crippen molar-refractivity contribution in [3.8, 4) is 0 Å². The van der Waals surface area contributed by atoms with Gasteiger partial charge in [-0.15, -0.1) is 0 Å². The molecule has 4 rings (SSSR count). The number of hydrogen-bond donors (Lipinski definition) is 3. The molecule has 1 saturated heterocycles. The fourth-order valence-electron chi connectivity index (χ4n) is 4.09. The van der Waals surface area contributed by atoms with Crippen molar-refractivity contribution < 1.29 is 27.6 Å². The zero-order valence-corrected chi connectivity index (χ0v) is 23.1. The Bertz CT molecular complexity index is 1440. The van der Waals surface area contributed by atoms with E-state index in [0.717, 1.165) is 28.9 Å². The molecule has 8 nitrogen and oxygen atoms in total. The third-order valence-electron chi connectivity index (χ3n) is 6.13. The highest BCUT2D eigenvalue weighted by molar-refractivity contribution is 8.15. The first-order valence-electron chi connectivity index (χ1n) is 12.8. The van der Waals surface area contributed by atoms with E-state index in [0.29, 0.717) is 23.8 Å². The van der Waals surface area contributed by atoms with Crippen LogP contribution < -0.4 is 20.9 Å². The number of hydrogen-bond acceptors (Lipinski definition) is 4. The van der Waals surface area contributed by atoms with E-state index in [2.05, 4.69) is 20.9 Å². The number of aliphatic imine (C=N–C) groups is 1. The van der Waals surface area contributed by atoms with Gasteiger partial charge in [-0.25, -0.2) is 9.59 Å². The fraction of sp³-hybridized carbons (Fsp3) is 0.241. The molecule has 41 heavy (non-hydrogen) atoms. The molecule has 0 radical (unpaired) electrons. The first kappa shape index (κ1) is 29.7. The number of rotatable bonds is 7. The lowest BCUT2D eigenvalue weighted by molar-refractivity contribution is -0.137. The van der Waals surface area contributed by atoms with Crippen molar-refractivity contribution in [1.29, 1.82) is 0 Å². The monoisotopic (exact) mass is 583 g/mol. The van der Waals surface area contributed by atoms with Gasteiger partial charge < -0.3 is 16.0 Å². The molecule has 1 fully saturated rings. The van der Waals surface area contributed by atoms with Gasteiger partial charge in [-0.1, -0.05) is 55.9 Å². The van der Waals surface area contributed by atoms with Gasteiger partial charge in [-0.3, -0.25) is 9.69 Å². The van der Waals surface area contributed by atoms with Crippen LogP contribution in [0.1, 0.15) is 36.5 Å². The summed E-state index contributed by atoms with van der Waals surface area (Å²) in [5, 5.41) is 8.18. The molecule has 5 amide bonds. The first-order valence-corrected chi connectivity index (χ1v) is 13.7. The summed E-state index contributed by atoms with van der Waals surface area (Å²) in [6.45, 7) is 4.38. The molecule has 1 heterocycles. The maximum absolute atomic E-state index is 12.7. The van der Waals surface area contributed by atoms with E-state index in [1.165, 1.54) is 28.8 Å². The van der Waals surface area contributed by atoms with E-state index in [9.17, 15) is 27.6 Å². The Morgan fingerprint density at radius 3 is 2.17 bits per heavy atom. The Balaban J connectivity index is 1.27. The van der Waals surface area contributed by atoms with Crippen molar-refractivity contribution in [3.05, 3.63) is 89.5 Å². The summed E-state index contributed by atoms with van der Waals surface area (Å²) >= 11 is 1.22. The van der Waals surface area contributed by atoms with Crippen LogP contribution in [0.4, 0.5) is 39.8 Å². The molecule has 1 aliphatic rings. The summed E-state index contributed by atoms with van der Waals surface area (Å²) in [5.74, 6) is 0.271. The van der Waals surface area contributed by atoms with Gasteiger partial charge in [-0.2, -0.15) is 18.2 Å². The second kappa shape index (κ2) is 12.9. The topological polar surface area (TPSA) is 103 Å². The molecule has 214 valence electrons. The van der Waals surface area contributed by atoms with E-state index in [4.69, 9.17) is 0 Å². The van der Waals surface area contributed by atoms with Gasteiger partial charge in [0.25, 0.3) is 0 Å². The molecule has 0 spiro atoms. The average molecular weight is 584 g/mol. The number of carbonyl (C=O) groups excluding carboxylic acids is 3. The summed E-state index contributed by atoms with van der Waals surface area (Å²) < 4.78 is 38.0. The number of nitrogens with one attached hydrogen (secondary N) is 3. The van der Waals surface area contributed by atoms with Gasteiger partial charge >= 0.3 is 18.2 Å². The molecule has 0 aromatic heterocycles. The molecule has 0 aliphatic carbocycles. The smallest absolute Gasteiger partial charge is 0.336 e. The summed E-state index contributed by atoms with van der Waals surface area (Å²) in [6.07, 6.45) is -3.95. The zero-order valence-electron chi connectivity index (χ0n) is 22.3. The number of halogens is 3. The van der Waals surface area contributed by atoms with Crippen LogP contribution in [0.25, 0.3) is 0 Å². The molecule has 0 bridgehead atoms. The highest BCUT2D eigenvalue weighted by Gasteiger charge is 2.32. The van der Waals surface area contributed by atoms with Gasteiger partial charge in [-0.05, 0) is 65.9 Å². The Morgan fingerprint density at radius 1 is 0.951 bits per heavy atom. The van der Waals surface area contributed by atoms with Gasteiger partial charge in [0.2, 0.25) is 5.91 Å². The molecule has 12 heteroatoms. The predicted octanol–water partition coefficient (Wildman–Crippen LogP) is 6.86. The summed E-state index contributed by atoms with van der Waals surface area (Å²) in [4.78, 5) is 43.0. The number of carbonyl (C=O) groups is 3. The number of thioether (sulfide) groups is 1. The van der Waals surface area contributed by atoms with Crippen molar-refractivity contribution in [1.82, 2.24) is 5.32 Å². The minimum absolute atomic E-state index is 0.128. The Labute approximate surface area is 239 Å². The molecular weight excluding hydrogens is 555 g/mol. The molecule has 3 aromatic carbocycles. The van der Waals surface area contributed by atoms with Crippen molar-refractivity contribution in [3.63, 3.8) is 0 Å². The molecule has 3 N–H and O–H groups in total. The number of urea groups is 2. The third-order valence-corrected chi connectivity index (χ3v) is 7.06. The van der Waals surface area contributed by atoms with E-state index in [1.807, 2.05) is 38.1 Å². The average Bonchev–Trinajstić information content (AvgIpc) is 3.28. The largest absolute Gasteiger partial charge is 0.416 e. The SMILES string of the molecule is CC(C)c1ccccc1N1C(=O)CSC1=NC(=O)NCCc1ccc(NC(=O)Nc2ccc(C(F)(F)F)cc2)cc1. The third kappa shape index (κ3) is 7.88. The minimum atomic E-state index is -4.45. The summed E-state index contributed by atoms with van der Waals surface area (Å²) in [7, 11) is 0. The van der Waals surface area contributed by atoms with Crippen molar-refractivity contribution in [2.45, 2.75) is 32.4 Å². The van der Waals surface area contributed by atoms with Gasteiger partial charge in [0, 0.05) is 17.9 Å². The van der Waals surface area contributed by atoms with Crippen LogP contribution in [-0.4, -0.2) is 35.4 Å². The number of para-hydroxylation sites is 1. The lowest BCUT2D eigenvalue weighted by atomic mass is 10.0. The highest BCUT2D eigenvalue weighted by atomic mass is 32.2. The maximum Gasteiger partial charge on any atom is 0.416 e. The number of alkyl halides is 3. The molecule has 0 saturated carbocycles. The standard InChI is InChI=1S/C29H28F3N5O3S/c1-18(2)23-5-3-4-6-24(23)37-25(38)17-41-28(37)36-26(39)33-16-15-19-7-11-21(12-8-19)34-27(40)35-22-13-9-20(10-14-22)29(30,31)32/h3-14,18H,15-17H2,1-2H3,(H,33,39)(H2,34,35,40). The number of nitrogens with zero attached hydrogens (tertiary/aromatic N) is 2. The lowest BCUT2D eigenvalue weighted by Crippen LogP contribution is -2.32. The fourth-order valence-corrected chi connectivity index (χ4v) is 4.95. The van der Waals surface area contributed by atoms with Gasteiger partial charge in [0.1, 0.15) is 0 Å². The van der Waals surface area contributed by atoms with Gasteiger partial charge in [0.05, 0.1) is 17.0 Å². The van der Waals surface area contributed by atoms with Crippen LogP contribution in [0.3, 0.4) is 0 Å². The van der Waals surface area contributed by atoms with E-state index in [1.54, 1.807) is 24.3 Å². The van der Waals surface area contributed by atoms with Crippen LogP contribution >= 0.6 is 11.8 Å². The van der Waals surface area contributed by atoms with Gasteiger partial charge in [0.15, 0.2) is 5.17 Å². The normalized spacial score (nSPS) is 14.4. The number of benzene rings is 3. The highest BCUT2D eigenvalue weighted by Crippen LogP contribution is 2.33. The number of anilines is 3. The first-order chi connectivity index (χ1) is 19.5. The van der Waals surface area contributed by atoms with Crippen molar-refractivity contribution in [2.24, 2.45) is 4.99 Å². The number of amides is 5.